The zero-order valence-electron chi connectivity index (χ0n) is 10.8. The van der Waals surface area contributed by atoms with E-state index in [-0.39, 0.29) is 0 Å². The second-order valence-electron chi connectivity index (χ2n) is 4.79. The van der Waals surface area contributed by atoms with Crippen LogP contribution in [0.1, 0.15) is 43.7 Å². The third-order valence-electron chi connectivity index (χ3n) is 3.82. The van der Waals surface area contributed by atoms with Gasteiger partial charge in [0.15, 0.2) is 11.0 Å². The fourth-order valence-electron chi connectivity index (χ4n) is 2.63. The molecule has 17 heavy (non-hydrogen) atoms. The maximum atomic E-state index is 6.00. The molecule has 1 aromatic rings. The first-order valence-corrected chi connectivity index (χ1v) is 6.79. The van der Waals surface area contributed by atoms with E-state index in [2.05, 4.69) is 28.9 Å². The summed E-state index contributed by atoms with van der Waals surface area (Å²) in [6.45, 7) is 7.27. The predicted octanol–water partition coefficient (Wildman–Crippen LogP) is 3.52. The summed E-state index contributed by atoms with van der Waals surface area (Å²) in [5, 5.41) is 8.87. The zero-order chi connectivity index (χ0) is 12.4. The Labute approximate surface area is 108 Å². The van der Waals surface area contributed by atoms with Crippen molar-refractivity contribution in [3.63, 3.8) is 0 Å². The van der Waals surface area contributed by atoms with Crippen molar-refractivity contribution in [2.24, 2.45) is 0 Å². The second kappa shape index (κ2) is 5.21. The molecule has 1 fully saturated rings. The van der Waals surface area contributed by atoms with Crippen molar-refractivity contribution in [1.82, 2.24) is 10.2 Å². The van der Waals surface area contributed by atoms with Crippen molar-refractivity contribution < 1.29 is 0 Å². The Balaban J connectivity index is 2.33. The monoisotopic (exact) mass is 253 g/mol. The van der Waals surface area contributed by atoms with Crippen molar-refractivity contribution in [3.8, 4) is 0 Å². The van der Waals surface area contributed by atoms with E-state index in [0.29, 0.717) is 11.2 Å². The lowest BCUT2D eigenvalue weighted by molar-refractivity contribution is 0.607. The molecule has 0 atom stereocenters. The van der Waals surface area contributed by atoms with Gasteiger partial charge in [-0.2, -0.15) is 0 Å². The number of hydrogen-bond donors (Lipinski definition) is 0. The van der Waals surface area contributed by atoms with Crippen LogP contribution >= 0.6 is 11.6 Å². The SMILES string of the molecule is CCN(c1nnc(Cl)c(C)c1C)C1CCCC1. The Morgan fingerprint density at radius 2 is 1.82 bits per heavy atom. The van der Waals surface area contributed by atoms with Gasteiger partial charge in [-0.05, 0) is 44.7 Å². The Morgan fingerprint density at radius 3 is 2.41 bits per heavy atom. The third kappa shape index (κ3) is 2.39. The Kier molecular flexibility index (Phi) is 3.87. The molecule has 0 aromatic carbocycles. The van der Waals surface area contributed by atoms with Crippen LogP contribution in [0.2, 0.25) is 5.15 Å². The summed E-state index contributed by atoms with van der Waals surface area (Å²) < 4.78 is 0. The quantitative estimate of drug-likeness (QED) is 0.825. The average molecular weight is 254 g/mol. The minimum Gasteiger partial charge on any atom is -0.352 e. The van der Waals surface area contributed by atoms with Gasteiger partial charge in [-0.15, -0.1) is 10.2 Å². The Bertz CT molecular complexity index is 400. The van der Waals surface area contributed by atoms with Gasteiger partial charge in [0.2, 0.25) is 0 Å². The van der Waals surface area contributed by atoms with E-state index < -0.39 is 0 Å². The number of aromatic nitrogens is 2. The molecule has 0 bridgehead atoms. The van der Waals surface area contributed by atoms with E-state index in [9.17, 15) is 0 Å². The largest absolute Gasteiger partial charge is 0.352 e. The molecule has 0 unspecified atom stereocenters. The number of hydrogen-bond acceptors (Lipinski definition) is 3. The first-order valence-electron chi connectivity index (χ1n) is 6.41. The first kappa shape index (κ1) is 12.6. The standard InChI is InChI=1S/C13H20ClN3/c1-4-17(11-7-5-6-8-11)13-10(3)9(2)12(14)15-16-13/h11H,4-8H2,1-3H3. The molecule has 0 radical (unpaired) electrons. The summed E-state index contributed by atoms with van der Waals surface area (Å²) in [5.74, 6) is 1.02. The molecular weight excluding hydrogens is 234 g/mol. The molecule has 1 aliphatic rings. The molecule has 0 saturated heterocycles. The molecule has 1 heterocycles. The summed E-state index contributed by atoms with van der Waals surface area (Å²) in [6, 6.07) is 0.633. The van der Waals surface area contributed by atoms with Gasteiger partial charge in [-0.1, -0.05) is 24.4 Å². The van der Waals surface area contributed by atoms with Gasteiger partial charge >= 0.3 is 0 Å². The molecule has 1 aromatic heterocycles. The van der Waals surface area contributed by atoms with Crippen LogP contribution < -0.4 is 4.90 Å². The van der Waals surface area contributed by atoms with Gasteiger partial charge in [0.1, 0.15) is 0 Å². The van der Waals surface area contributed by atoms with Crippen LogP contribution in [-0.2, 0) is 0 Å². The summed E-state index contributed by atoms with van der Waals surface area (Å²) in [5.41, 5.74) is 2.21. The highest BCUT2D eigenvalue weighted by Gasteiger charge is 2.24. The molecule has 0 spiro atoms. The first-order chi connectivity index (χ1) is 8.15. The van der Waals surface area contributed by atoms with Crippen LogP contribution in [0.4, 0.5) is 5.82 Å². The number of nitrogens with zero attached hydrogens (tertiary/aromatic N) is 3. The highest BCUT2D eigenvalue weighted by atomic mass is 35.5. The molecule has 1 saturated carbocycles. The molecule has 3 nitrogen and oxygen atoms in total. The summed E-state index contributed by atoms with van der Waals surface area (Å²) in [4.78, 5) is 2.39. The highest BCUT2D eigenvalue weighted by molar-refractivity contribution is 6.30. The van der Waals surface area contributed by atoms with Gasteiger partial charge in [0, 0.05) is 12.6 Å². The maximum Gasteiger partial charge on any atom is 0.155 e. The number of halogens is 1. The third-order valence-corrected chi connectivity index (χ3v) is 4.18. The molecule has 2 rings (SSSR count). The van der Waals surface area contributed by atoms with Crippen molar-refractivity contribution in [2.75, 3.05) is 11.4 Å². The summed E-state index contributed by atoms with van der Waals surface area (Å²) in [6.07, 6.45) is 5.22. The summed E-state index contributed by atoms with van der Waals surface area (Å²) in [7, 11) is 0. The predicted molar refractivity (Wildman–Crippen MR) is 71.8 cm³/mol. The molecule has 94 valence electrons. The van der Waals surface area contributed by atoms with Crippen LogP contribution in [0, 0.1) is 13.8 Å². The van der Waals surface area contributed by atoms with Crippen LogP contribution in [0.3, 0.4) is 0 Å². The second-order valence-corrected chi connectivity index (χ2v) is 5.15. The fraction of sp³-hybridized carbons (Fsp3) is 0.692. The number of anilines is 1. The highest BCUT2D eigenvalue weighted by Crippen LogP contribution is 2.30. The molecule has 4 heteroatoms. The molecular formula is C13H20ClN3. The van der Waals surface area contributed by atoms with Crippen molar-refractivity contribution >= 4 is 17.4 Å². The van der Waals surface area contributed by atoms with Crippen LogP contribution in [0.15, 0.2) is 0 Å². The van der Waals surface area contributed by atoms with Crippen LogP contribution in [-0.4, -0.2) is 22.8 Å². The van der Waals surface area contributed by atoms with Gasteiger partial charge in [0.05, 0.1) is 0 Å². The lowest BCUT2D eigenvalue weighted by Gasteiger charge is -2.30. The smallest absolute Gasteiger partial charge is 0.155 e. The van der Waals surface area contributed by atoms with Crippen molar-refractivity contribution in [3.05, 3.63) is 16.3 Å². The molecule has 0 aliphatic heterocycles. The van der Waals surface area contributed by atoms with Gasteiger partial charge in [-0.3, -0.25) is 0 Å². The van der Waals surface area contributed by atoms with E-state index in [1.807, 2.05) is 6.92 Å². The number of rotatable bonds is 3. The Hall–Kier alpha value is -0.830. The minimum atomic E-state index is 0.522. The van der Waals surface area contributed by atoms with Gasteiger partial charge in [0.25, 0.3) is 0 Å². The fourth-order valence-corrected chi connectivity index (χ4v) is 2.81. The molecule has 0 amide bonds. The lowest BCUT2D eigenvalue weighted by atomic mass is 10.1. The van der Waals surface area contributed by atoms with Crippen molar-refractivity contribution in [1.29, 1.82) is 0 Å². The van der Waals surface area contributed by atoms with Gasteiger partial charge < -0.3 is 4.90 Å². The van der Waals surface area contributed by atoms with E-state index >= 15 is 0 Å². The van der Waals surface area contributed by atoms with Crippen LogP contribution in [0.5, 0.6) is 0 Å². The van der Waals surface area contributed by atoms with E-state index in [4.69, 9.17) is 11.6 Å². The van der Waals surface area contributed by atoms with Crippen LogP contribution in [0.25, 0.3) is 0 Å². The summed E-state index contributed by atoms with van der Waals surface area (Å²) >= 11 is 6.00. The van der Waals surface area contributed by atoms with E-state index in [1.54, 1.807) is 0 Å². The Morgan fingerprint density at radius 1 is 1.18 bits per heavy atom. The lowest BCUT2D eigenvalue weighted by Crippen LogP contribution is -2.34. The maximum absolute atomic E-state index is 6.00. The topological polar surface area (TPSA) is 29.0 Å². The van der Waals surface area contributed by atoms with E-state index in [1.165, 1.54) is 31.2 Å². The minimum absolute atomic E-state index is 0.522. The van der Waals surface area contributed by atoms with Crippen molar-refractivity contribution in [2.45, 2.75) is 52.5 Å². The van der Waals surface area contributed by atoms with E-state index in [0.717, 1.165) is 17.9 Å². The van der Waals surface area contributed by atoms with Gasteiger partial charge in [-0.25, -0.2) is 0 Å². The average Bonchev–Trinajstić information content (AvgIpc) is 2.84. The zero-order valence-corrected chi connectivity index (χ0v) is 11.6. The molecule has 1 aliphatic carbocycles. The normalized spacial score (nSPS) is 16.5. The molecule has 0 N–H and O–H groups in total.